The molecule has 7 heteroatoms. The third kappa shape index (κ3) is 4.90. The summed E-state index contributed by atoms with van der Waals surface area (Å²) >= 11 is 0. The number of hydrogen-bond donors (Lipinski definition) is 2. The van der Waals surface area contributed by atoms with Crippen molar-refractivity contribution in [3.8, 4) is 0 Å². The Labute approximate surface area is 156 Å². The van der Waals surface area contributed by atoms with Gasteiger partial charge >= 0.3 is 5.97 Å². The largest absolute Gasteiger partial charge is 0.478 e. The van der Waals surface area contributed by atoms with E-state index in [1.165, 1.54) is 24.3 Å². The highest BCUT2D eigenvalue weighted by Gasteiger charge is 2.29. The topological polar surface area (TPSA) is 78.9 Å². The second kappa shape index (κ2) is 8.75. The molecule has 0 aliphatic carbocycles. The number of carbonyl (C=O) groups is 2. The number of carboxylic acids is 1. The summed E-state index contributed by atoms with van der Waals surface area (Å²) in [6, 6.07) is 11.8. The van der Waals surface area contributed by atoms with E-state index in [-0.39, 0.29) is 23.8 Å². The number of amides is 1. The van der Waals surface area contributed by atoms with Crippen molar-refractivity contribution >= 4 is 11.9 Å². The van der Waals surface area contributed by atoms with Crippen LogP contribution < -0.4 is 5.32 Å². The Kier molecular flexibility index (Phi) is 6.16. The molecule has 0 spiro atoms. The van der Waals surface area contributed by atoms with Gasteiger partial charge in [-0.2, -0.15) is 0 Å². The van der Waals surface area contributed by atoms with Crippen LogP contribution >= 0.6 is 0 Å². The fourth-order valence-corrected chi connectivity index (χ4v) is 3.09. The molecule has 0 saturated carbocycles. The third-order valence-electron chi connectivity index (χ3n) is 4.49. The number of ether oxygens (including phenoxy) is 1. The fourth-order valence-electron chi connectivity index (χ4n) is 3.09. The van der Waals surface area contributed by atoms with Gasteiger partial charge in [0, 0.05) is 19.6 Å². The summed E-state index contributed by atoms with van der Waals surface area (Å²) in [4.78, 5) is 25.8. The molecule has 0 bridgehead atoms. The monoisotopic (exact) mass is 372 g/mol. The molecule has 1 aliphatic heterocycles. The van der Waals surface area contributed by atoms with Crippen molar-refractivity contribution in [1.82, 2.24) is 10.2 Å². The summed E-state index contributed by atoms with van der Waals surface area (Å²) in [7, 11) is 0. The zero-order valence-corrected chi connectivity index (χ0v) is 14.7. The molecule has 1 unspecified atom stereocenters. The SMILES string of the molecule is O=C(O)c1ccc(CNC(=O)C(c2cccc(F)c2)N2CCOCC2)cc1. The standard InChI is InChI=1S/C20H21FN2O4/c21-17-3-1-2-16(12-17)18(23-8-10-27-11-9-23)19(24)22-13-14-4-6-15(7-5-14)20(25)26/h1-7,12,18H,8-11,13H2,(H,22,24)(H,25,26). The molecule has 2 aromatic rings. The number of morpholine rings is 1. The van der Waals surface area contributed by atoms with E-state index in [4.69, 9.17) is 9.84 Å². The normalized spacial score (nSPS) is 15.9. The van der Waals surface area contributed by atoms with Crippen LogP contribution in [0.3, 0.4) is 0 Å². The van der Waals surface area contributed by atoms with Crippen LogP contribution in [0.2, 0.25) is 0 Å². The smallest absolute Gasteiger partial charge is 0.335 e. The molecule has 142 valence electrons. The van der Waals surface area contributed by atoms with Crippen molar-refractivity contribution in [3.63, 3.8) is 0 Å². The zero-order chi connectivity index (χ0) is 19.2. The van der Waals surface area contributed by atoms with Crippen molar-refractivity contribution in [2.24, 2.45) is 0 Å². The van der Waals surface area contributed by atoms with Gasteiger partial charge in [-0.25, -0.2) is 9.18 Å². The summed E-state index contributed by atoms with van der Waals surface area (Å²) in [6.07, 6.45) is 0. The Morgan fingerprint density at radius 3 is 2.48 bits per heavy atom. The van der Waals surface area contributed by atoms with Crippen molar-refractivity contribution in [2.75, 3.05) is 26.3 Å². The molecule has 27 heavy (non-hydrogen) atoms. The minimum Gasteiger partial charge on any atom is -0.478 e. The predicted molar refractivity (Wildman–Crippen MR) is 96.8 cm³/mol. The van der Waals surface area contributed by atoms with E-state index in [1.807, 2.05) is 4.90 Å². The van der Waals surface area contributed by atoms with Crippen LogP contribution in [-0.4, -0.2) is 48.2 Å². The third-order valence-corrected chi connectivity index (χ3v) is 4.49. The van der Waals surface area contributed by atoms with Gasteiger partial charge in [0.15, 0.2) is 0 Å². The minimum absolute atomic E-state index is 0.191. The summed E-state index contributed by atoms with van der Waals surface area (Å²) in [5, 5.41) is 11.8. The molecule has 1 atom stereocenters. The number of carboxylic acid groups (broad SMARTS) is 1. The molecule has 1 fully saturated rings. The van der Waals surface area contributed by atoms with E-state index < -0.39 is 12.0 Å². The average Bonchev–Trinajstić information content (AvgIpc) is 2.68. The molecule has 3 rings (SSSR count). The molecule has 1 heterocycles. The fraction of sp³-hybridized carbons (Fsp3) is 0.300. The minimum atomic E-state index is -0.996. The van der Waals surface area contributed by atoms with Gasteiger partial charge in [-0.1, -0.05) is 24.3 Å². The number of carbonyl (C=O) groups excluding carboxylic acids is 1. The van der Waals surface area contributed by atoms with Gasteiger partial charge in [0.05, 0.1) is 18.8 Å². The van der Waals surface area contributed by atoms with Gasteiger partial charge in [-0.3, -0.25) is 9.69 Å². The molecular weight excluding hydrogens is 351 g/mol. The number of benzene rings is 2. The van der Waals surface area contributed by atoms with Crippen molar-refractivity contribution in [2.45, 2.75) is 12.6 Å². The number of rotatable bonds is 6. The van der Waals surface area contributed by atoms with Crippen molar-refractivity contribution < 1.29 is 23.8 Å². The van der Waals surface area contributed by atoms with Crippen LogP contribution in [-0.2, 0) is 16.1 Å². The Hall–Kier alpha value is -2.77. The number of halogens is 1. The van der Waals surface area contributed by atoms with Gasteiger partial charge in [-0.05, 0) is 35.4 Å². The summed E-state index contributed by atoms with van der Waals surface area (Å²) < 4.78 is 19.0. The second-order valence-electron chi connectivity index (χ2n) is 6.33. The van der Waals surface area contributed by atoms with Crippen LogP contribution in [0.4, 0.5) is 4.39 Å². The number of nitrogens with one attached hydrogen (secondary N) is 1. The lowest BCUT2D eigenvalue weighted by Gasteiger charge is -2.33. The maximum absolute atomic E-state index is 13.7. The lowest BCUT2D eigenvalue weighted by molar-refractivity contribution is -0.128. The van der Waals surface area contributed by atoms with Gasteiger partial charge in [0.1, 0.15) is 11.9 Å². The van der Waals surface area contributed by atoms with E-state index in [0.29, 0.717) is 31.9 Å². The van der Waals surface area contributed by atoms with Crippen LogP contribution in [0.15, 0.2) is 48.5 Å². The lowest BCUT2D eigenvalue weighted by Crippen LogP contribution is -2.45. The van der Waals surface area contributed by atoms with E-state index in [2.05, 4.69) is 5.32 Å². The Balaban J connectivity index is 1.73. The quantitative estimate of drug-likeness (QED) is 0.813. The average molecular weight is 372 g/mol. The molecule has 1 amide bonds. The lowest BCUT2D eigenvalue weighted by atomic mass is 10.0. The molecule has 2 N–H and O–H groups in total. The molecule has 6 nitrogen and oxygen atoms in total. The molecular formula is C20H21FN2O4. The Morgan fingerprint density at radius 1 is 1.15 bits per heavy atom. The van der Waals surface area contributed by atoms with Gasteiger partial charge in [0.25, 0.3) is 0 Å². The highest BCUT2D eigenvalue weighted by molar-refractivity contribution is 5.87. The highest BCUT2D eigenvalue weighted by atomic mass is 19.1. The van der Waals surface area contributed by atoms with E-state index in [9.17, 15) is 14.0 Å². The first-order chi connectivity index (χ1) is 13.0. The molecule has 0 aromatic heterocycles. The first-order valence-electron chi connectivity index (χ1n) is 8.72. The molecule has 1 aliphatic rings. The van der Waals surface area contributed by atoms with Crippen LogP contribution in [0.1, 0.15) is 27.5 Å². The molecule has 0 radical (unpaired) electrons. The Morgan fingerprint density at radius 2 is 1.85 bits per heavy atom. The molecule has 2 aromatic carbocycles. The van der Waals surface area contributed by atoms with Crippen LogP contribution in [0.5, 0.6) is 0 Å². The van der Waals surface area contributed by atoms with Crippen LogP contribution in [0.25, 0.3) is 0 Å². The maximum atomic E-state index is 13.7. The highest BCUT2D eigenvalue weighted by Crippen LogP contribution is 2.23. The van der Waals surface area contributed by atoms with Gasteiger partial charge in [-0.15, -0.1) is 0 Å². The summed E-state index contributed by atoms with van der Waals surface area (Å²) in [5.74, 6) is -1.61. The Bertz CT molecular complexity index is 804. The summed E-state index contributed by atoms with van der Waals surface area (Å²) in [5.41, 5.74) is 1.57. The van der Waals surface area contributed by atoms with Crippen molar-refractivity contribution in [1.29, 1.82) is 0 Å². The first kappa shape index (κ1) is 19.0. The van der Waals surface area contributed by atoms with Crippen LogP contribution in [0, 0.1) is 5.82 Å². The molecule has 1 saturated heterocycles. The first-order valence-corrected chi connectivity index (χ1v) is 8.72. The maximum Gasteiger partial charge on any atom is 0.335 e. The zero-order valence-electron chi connectivity index (χ0n) is 14.7. The predicted octanol–water partition coefficient (Wildman–Crippen LogP) is 2.21. The number of nitrogens with zero attached hydrogens (tertiary/aromatic N) is 1. The van der Waals surface area contributed by atoms with Crippen molar-refractivity contribution in [3.05, 3.63) is 71.0 Å². The van der Waals surface area contributed by atoms with E-state index in [0.717, 1.165) is 5.56 Å². The van der Waals surface area contributed by atoms with E-state index >= 15 is 0 Å². The number of aromatic carboxylic acids is 1. The van der Waals surface area contributed by atoms with Gasteiger partial charge < -0.3 is 15.2 Å². The summed E-state index contributed by atoms with van der Waals surface area (Å²) in [6.45, 7) is 2.48. The van der Waals surface area contributed by atoms with Gasteiger partial charge in [0.2, 0.25) is 5.91 Å². The second-order valence-corrected chi connectivity index (χ2v) is 6.33. The van der Waals surface area contributed by atoms with E-state index in [1.54, 1.807) is 24.3 Å². The number of hydrogen-bond acceptors (Lipinski definition) is 4.